The predicted octanol–water partition coefficient (Wildman–Crippen LogP) is 2.40. The highest BCUT2D eigenvalue weighted by molar-refractivity contribution is 5.96. The number of ether oxygens (including phenoxy) is 1. The highest BCUT2D eigenvalue weighted by Crippen LogP contribution is 2.15. The van der Waals surface area contributed by atoms with Gasteiger partial charge in [0.25, 0.3) is 5.91 Å². The van der Waals surface area contributed by atoms with Crippen LogP contribution in [0, 0.1) is 11.6 Å². The Labute approximate surface area is 136 Å². The number of aliphatic carboxylic acids is 1. The Morgan fingerprint density at radius 2 is 1.96 bits per heavy atom. The molecule has 0 saturated carbocycles. The molecule has 0 unspecified atom stereocenters. The van der Waals surface area contributed by atoms with Crippen molar-refractivity contribution < 1.29 is 28.2 Å². The molecule has 7 heteroatoms. The maximum absolute atomic E-state index is 13.6. The Hall–Kier alpha value is -2.96. The quantitative estimate of drug-likeness (QED) is 0.850. The summed E-state index contributed by atoms with van der Waals surface area (Å²) in [6.45, 7) is 0. The summed E-state index contributed by atoms with van der Waals surface area (Å²) in [5.41, 5.74) is 0.204. The largest absolute Gasteiger partial charge is 0.497 e. The lowest BCUT2D eigenvalue weighted by atomic mass is 10.0. The monoisotopic (exact) mass is 335 g/mol. The van der Waals surface area contributed by atoms with Crippen molar-refractivity contribution in [2.45, 2.75) is 12.5 Å². The SMILES string of the molecule is COc1cccc(C[C@H](NC(=O)c2ccc(F)cc2F)C(=O)O)c1. The van der Waals surface area contributed by atoms with Crippen molar-refractivity contribution in [3.8, 4) is 5.75 Å². The lowest BCUT2D eigenvalue weighted by Gasteiger charge is -2.15. The topological polar surface area (TPSA) is 75.6 Å². The number of amides is 1. The van der Waals surface area contributed by atoms with Crippen LogP contribution in [0.15, 0.2) is 42.5 Å². The normalized spacial score (nSPS) is 11.6. The number of halogens is 2. The molecule has 0 aliphatic heterocycles. The number of hydrogen-bond acceptors (Lipinski definition) is 3. The standard InChI is InChI=1S/C17H15F2NO4/c1-24-12-4-2-3-10(7-12)8-15(17(22)23)20-16(21)13-6-5-11(18)9-14(13)19/h2-7,9,15H,8H2,1H3,(H,20,21)(H,22,23)/t15-/m0/s1. The van der Waals surface area contributed by atoms with Crippen LogP contribution in [-0.2, 0) is 11.2 Å². The summed E-state index contributed by atoms with van der Waals surface area (Å²) in [5.74, 6) is -3.53. The van der Waals surface area contributed by atoms with E-state index < -0.39 is 35.1 Å². The number of nitrogens with one attached hydrogen (secondary N) is 1. The molecule has 0 aliphatic carbocycles. The van der Waals surface area contributed by atoms with Gasteiger partial charge in [-0.3, -0.25) is 4.79 Å². The molecular weight excluding hydrogens is 320 g/mol. The minimum Gasteiger partial charge on any atom is -0.497 e. The summed E-state index contributed by atoms with van der Waals surface area (Å²) in [5, 5.41) is 11.5. The maximum Gasteiger partial charge on any atom is 0.326 e. The molecule has 0 heterocycles. The number of carbonyl (C=O) groups is 2. The molecule has 1 amide bonds. The number of benzene rings is 2. The van der Waals surface area contributed by atoms with Crippen molar-refractivity contribution in [2.24, 2.45) is 0 Å². The first-order valence-electron chi connectivity index (χ1n) is 7.02. The fourth-order valence-electron chi connectivity index (χ4n) is 2.14. The van der Waals surface area contributed by atoms with Gasteiger partial charge in [-0.15, -0.1) is 0 Å². The van der Waals surface area contributed by atoms with Gasteiger partial charge < -0.3 is 15.2 Å². The van der Waals surface area contributed by atoms with E-state index in [1.54, 1.807) is 24.3 Å². The Bertz CT molecular complexity index is 764. The molecule has 2 N–H and O–H groups in total. The molecule has 2 aromatic carbocycles. The molecule has 0 fully saturated rings. The van der Waals surface area contributed by atoms with Gasteiger partial charge in [0.2, 0.25) is 0 Å². The fraction of sp³-hybridized carbons (Fsp3) is 0.176. The van der Waals surface area contributed by atoms with Gasteiger partial charge in [-0.2, -0.15) is 0 Å². The Balaban J connectivity index is 2.16. The molecule has 126 valence electrons. The fourth-order valence-corrected chi connectivity index (χ4v) is 2.14. The van der Waals surface area contributed by atoms with Gasteiger partial charge in [-0.05, 0) is 29.8 Å². The van der Waals surface area contributed by atoms with E-state index in [-0.39, 0.29) is 6.42 Å². The summed E-state index contributed by atoms with van der Waals surface area (Å²) in [4.78, 5) is 23.4. The van der Waals surface area contributed by atoms with Crippen LogP contribution in [0.5, 0.6) is 5.75 Å². The third-order valence-electron chi connectivity index (χ3n) is 3.35. The van der Waals surface area contributed by atoms with Gasteiger partial charge in [0.15, 0.2) is 0 Å². The van der Waals surface area contributed by atoms with E-state index in [0.29, 0.717) is 17.4 Å². The molecule has 0 bridgehead atoms. The predicted molar refractivity (Wildman–Crippen MR) is 81.9 cm³/mol. The zero-order valence-corrected chi connectivity index (χ0v) is 12.8. The molecule has 0 spiro atoms. The molecule has 24 heavy (non-hydrogen) atoms. The van der Waals surface area contributed by atoms with Crippen molar-refractivity contribution in [2.75, 3.05) is 7.11 Å². The molecule has 0 radical (unpaired) electrons. The Kier molecular flexibility index (Phi) is 5.47. The molecule has 0 saturated heterocycles. The van der Waals surface area contributed by atoms with E-state index in [9.17, 15) is 23.5 Å². The van der Waals surface area contributed by atoms with Crippen molar-refractivity contribution in [3.05, 3.63) is 65.2 Å². The molecule has 0 aromatic heterocycles. The van der Waals surface area contributed by atoms with E-state index in [4.69, 9.17) is 4.74 Å². The van der Waals surface area contributed by atoms with E-state index in [1.807, 2.05) is 0 Å². The Morgan fingerprint density at radius 3 is 2.58 bits per heavy atom. The van der Waals surface area contributed by atoms with Crippen molar-refractivity contribution in [1.29, 1.82) is 0 Å². The van der Waals surface area contributed by atoms with E-state index in [1.165, 1.54) is 7.11 Å². The summed E-state index contributed by atoms with van der Waals surface area (Å²) in [7, 11) is 1.48. The summed E-state index contributed by atoms with van der Waals surface area (Å²) in [6, 6.07) is 7.89. The zero-order valence-electron chi connectivity index (χ0n) is 12.8. The van der Waals surface area contributed by atoms with E-state index >= 15 is 0 Å². The minimum absolute atomic E-state index is 0.0128. The number of carboxylic acid groups (broad SMARTS) is 1. The van der Waals surface area contributed by atoms with Crippen LogP contribution in [0.2, 0.25) is 0 Å². The van der Waals surface area contributed by atoms with Crippen LogP contribution in [0.25, 0.3) is 0 Å². The zero-order chi connectivity index (χ0) is 17.7. The number of rotatable bonds is 6. The second-order valence-corrected chi connectivity index (χ2v) is 5.04. The van der Waals surface area contributed by atoms with Crippen LogP contribution >= 0.6 is 0 Å². The number of carboxylic acids is 1. The lowest BCUT2D eigenvalue weighted by molar-refractivity contribution is -0.139. The highest BCUT2D eigenvalue weighted by Gasteiger charge is 2.23. The lowest BCUT2D eigenvalue weighted by Crippen LogP contribution is -2.42. The van der Waals surface area contributed by atoms with Gasteiger partial charge in [0, 0.05) is 12.5 Å². The molecule has 5 nitrogen and oxygen atoms in total. The van der Waals surface area contributed by atoms with Gasteiger partial charge >= 0.3 is 5.97 Å². The van der Waals surface area contributed by atoms with Crippen molar-refractivity contribution in [3.63, 3.8) is 0 Å². The maximum atomic E-state index is 13.6. The molecule has 1 atom stereocenters. The van der Waals surface area contributed by atoms with Gasteiger partial charge in [0.05, 0.1) is 12.7 Å². The van der Waals surface area contributed by atoms with Gasteiger partial charge in [-0.1, -0.05) is 12.1 Å². The molecule has 2 aromatic rings. The summed E-state index contributed by atoms with van der Waals surface area (Å²) < 4.78 is 31.6. The summed E-state index contributed by atoms with van der Waals surface area (Å²) >= 11 is 0. The van der Waals surface area contributed by atoms with Crippen LogP contribution < -0.4 is 10.1 Å². The van der Waals surface area contributed by atoms with Gasteiger partial charge in [0.1, 0.15) is 23.4 Å². The average molecular weight is 335 g/mol. The first-order chi connectivity index (χ1) is 11.4. The summed E-state index contributed by atoms with van der Waals surface area (Å²) in [6.07, 6.45) is -0.0128. The van der Waals surface area contributed by atoms with Crippen molar-refractivity contribution >= 4 is 11.9 Å². The molecule has 0 aliphatic rings. The van der Waals surface area contributed by atoms with E-state index in [2.05, 4.69) is 5.32 Å². The minimum atomic E-state index is -1.27. The van der Waals surface area contributed by atoms with E-state index in [0.717, 1.165) is 12.1 Å². The third-order valence-corrected chi connectivity index (χ3v) is 3.35. The third kappa shape index (κ3) is 4.28. The average Bonchev–Trinajstić information content (AvgIpc) is 2.54. The molecular formula is C17H15F2NO4. The number of hydrogen-bond donors (Lipinski definition) is 2. The van der Waals surface area contributed by atoms with Crippen LogP contribution in [-0.4, -0.2) is 30.1 Å². The van der Waals surface area contributed by atoms with Gasteiger partial charge in [-0.25, -0.2) is 13.6 Å². The second-order valence-electron chi connectivity index (χ2n) is 5.04. The number of methoxy groups -OCH3 is 1. The smallest absolute Gasteiger partial charge is 0.326 e. The highest BCUT2D eigenvalue weighted by atomic mass is 19.1. The first kappa shape index (κ1) is 17.4. The van der Waals surface area contributed by atoms with Crippen LogP contribution in [0.3, 0.4) is 0 Å². The second kappa shape index (κ2) is 7.54. The first-order valence-corrected chi connectivity index (χ1v) is 7.02. The van der Waals surface area contributed by atoms with Crippen molar-refractivity contribution in [1.82, 2.24) is 5.32 Å². The molecule has 2 rings (SSSR count). The van der Waals surface area contributed by atoms with Crippen LogP contribution in [0.1, 0.15) is 15.9 Å². The Morgan fingerprint density at radius 1 is 1.21 bits per heavy atom. The van der Waals surface area contributed by atoms with Crippen LogP contribution in [0.4, 0.5) is 8.78 Å². The number of carbonyl (C=O) groups excluding carboxylic acids is 1.